The molecule has 0 aliphatic heterocycles. The van der Waals surface area contributed by atoms with Gasteiger partial charge >= 0.3 is 0 Å². The molecular weight excluding hydrogens is 250 g/mol. The summed E-state index contributed by atoms with van der Waals surface area (Å²) in [7, 11) is 0. The number of hydrogen-bond acceptors (Lipinski definition) is 4. The Hall–Kier alpha value is -1.94. The number of aromatic nitrogens is 2. The Bertz CT molecular complexity index is 513. The van der Waals surface area contributed by atoms with Gasteiger partial charge in [-0.05, 0) is 43.2 Å². The van der Waals surface area contributed by atoms with E-state index in [9.17, 15) is 5.11 Å². The fraction of sp³-hybridized carbons (Fsp3) is 0.375. The van der Waals surface area contributed by atoms with E-state index in [1.165, 1.54) is 5.56 Å². The van der Waals surface area contributed by atoms with E-state index >= 15 is 0 Å². The lowest BCUT2D eigenvalue weighted by Gasteiger charge is -2.23. The second-order valence-corrected chi connectivity index (χ2v) is 4.73. The summed E-state index contributed by atoms with van der Waals surface area (Å²) < 4.78 is 0. The minimum absolute atomic E-state index is 0.473. The van der Waals surface area contributed by atoms with Gasteiger partial charge in [-0.1, -0.05) is 6.92 Å². The van der Waals surface area contributed by atoms with Crippen molar-refractivity contribution < 1.29 is 5.11 Å². The summed E-state index contributed by atoms with van der Waals surface area (Å²) in [6, 6.07) is 7.96. The average molecular weight is 271 g/mol. The van der Waals surface area contributed by atoms with Crippen LogP contribution in [0.1, 0.15) is 37.6 Å². The van der Waals surface area contributed by atoms with Gasteiger partial charge in [0.2, 0.25) is 0 Å². The van der Waals surface area contributed by atoms with E-state index < -0.39 is 6.10 Å². The van der Waals surface area contributed by atoms with Crippen molar-refractivity contribution in [3.05, 3.63) is 54.1 Å². The summed E-state index contributed by atoms with van der Waals surface area (Å²) in [5.74, 6) is 0. The molecule has 2 heterocycles. The maximum absolute atomic E-state index is 9.77. The zero-order valence-electron chi connectivity index (χ0n) is 12.0. The van der Waals surface area contributed by atoms with E-state index in [-0.39, 0.29) is 0 Å². The van der Waals surface area contributed by atoms with Gasteiger partial charge < -0.3 is 10.0 Å². The molecule has 0 bridgehead atoms. The first-order chi connectivity index (χ1) is 9.74. The van der Waals surface area contributed by atoms with Crippen LogP contribution >= 0.6 is 0 Å². The molecule has 0 unspecified atom stereocenters. The maximum atomic E-state index is 9.77. The Balaban J connectivity index is 2.11. The molecule has 4 heteroatoms. The number of aliphatic hydroxyl groups is 1. The Morgan fingerprint density at radius 2 is 1.90 bits per heavy atom. The van der Waals surface area contributed by atoms with Crippen molar-refractivity contribution in [2.24, 2.45) is 0 Å². The maximum Gasteiger partial charge on any atom is 0.0957 e. The molecule has 0 aliphatic carbocycles. The fourth-order valence-corrected chi connectivity index (χ4v) is 2.09. The van der Waals surface area contributed by atoms with E-state index in [2.05, 4.69) is 21.8 Å². The highest BCUT2D eigenvalue weighted by atomic mass is 16.3. The molecule has 0 saturated carbocycles. The molecule has 0 amide bonds. The van der Waals surface area contributed by atoms with Crippen LogP contribution in [0.15, 0.2) is 42.9 Å². The van der Waals surface area contributed by atoms with Crippen LogP contribution in [-0.4, -0.2) is 21.6 Å². The predicted molar refractivity (Wildman–Crippen MR) is 80.4 cm³/mol. The van der Waals surface area contributed by atoms with Crippen LogP contribution in [0, 0.1) is 0 Å². The third kappa shape index (κ3) is 3.54. The first-order valence-electron chi connectivity index (χ1n) is 7.02. The Morgan fingerprint density at radius 1 is 1.15 bits per heavy atom. The second-order valence-electron chi connectivity index (χ2n) is 4.73. The molecule has 1 atom stereocenters. The highest BCUT2D eigenvalue weighted by molar-refractivity contribution is 5.45. The van der Waals surface area contributed by atoms with Gasteiger partial charge in [0.05, 0.1) is 23.7 Å². The predicted octanol–water partition coefficient (Wildman–Crippen LogP) is 2.95. The van der Waals surface area contributed by atoms with Crippen LogP contribution in [0.4, 0.5) is 5.69 Å². The summed E-state index contributed by atoms with van der Waals surface area (Å²) in [6.45, 7) is 5.80. The van der Waals surface area contributed by atoms with Crippen molar-refractivity contribution in [1.29, 1.82) is 0 Å². The molecule has 2 rings (SSSR count). The molecule has 106 valence electrons. The van der Waals surface area contributed by atoms with Crippen LogP contribution in [0.25, 0.3) is 0 Å². The lowest BCUT2D eigenvalue weighted by molar-refractivity contribution is 0.169. The molecule has 2 aromatic heterocycles. The molecule has 0 fully saturated rings. The smallest absolute Gasteiger partial charge is 0.0957 e. The zero-order valence-corrected chi connectivity index (χ0v) is 12.0. The molecule has 20 heavy (non-hydrogen) atoms. The van der Waals surface area contributed by atoms with E-state index in [1.807, 2.05) is 49.8 Å². The molecule has 2 aromatic rings. The third-order valence-electron chi connectivity index (χ3n) is 3.37. The van der Waals surface area contributed by atoms with Crippen molar-refractivity contribution >= 4 is 5.69 Å². The van der Waals surface area contributed by atoms with Gasteiger partial charge in [-0.15, -0.1) is 0 Å². The minimum atomic E-state index is -0.473. The Labute approximate surface area is 120 Å². The fourth-order valence-electron chi connectivity index (χ4n) is 2.09. The van der Waals surface area contributed by atoms with Crippen LogP contribution in [0.3, 0.4) is 0 Å². The van der Waals surface area contributed by atoms with Gasteiger partial charge in [0.1, 0.15) is 0 Å². The number of nitrogens with zero attached hydrogens (tertiary/aromatic N) is 3. The summed E-state index contributed by atoms with van der Waals surface area (Å²) in [5, 5.41) is 9.77. The van der Waals surface area contributed by atoms with Crippen molar-refractivity contribution in [2.45, 2.75) is 32.9 Å². The first kappa shape index (κ1) is 14.5. The number of hydrogen-bond donors (Lipinski definition) is 1. The van der Waals surface area contributed by atoms with Crippen molar-refractivity contribution in [3.8, 4) is 0 Å². The molecule has 0 radical (unpaired) electrons. The van der Waals surface area contributed by atoms with E-state index in [0.717, 1.165) is 24.5 Å². The summed E-state index contributed by atoms with van der Waals surface area (Å²) in [6.07, 6.45) is 5.66. The zero-order chi connectivity index (χ0) is 14.4. The van der Waals surface area contributed by atoms with Crippen molar-refractivity contribution in [1.82, 2.24) is 9.97 Å². The molecular formula is C16H21N3O. The highest BCUT2D eigenvalue weighted by Crippen LogP contribution is 2.19. The first-order valence-corrected chi connectivity index (χ1v) is 7.02. The van der Waals surface area contributed by atoms with Gasteiger partial charge in [0, 0.05) is 25.5 Å². The second kappa shape index (κ2) is 7.01. The van der Waals surface area contributed by atoms with Gasteiger partial charge in [0.25, 0.3) is 0 Å². The lowest BCUT2D eigenvalue weighted by Crippen LogP contribution is -2.22. The SMILES string of the molecule is CC[C@H](O)c1ccc(N(CC)Cc2ccncc2)cn1. The number of anilines is 1. The molecule has 1 N–H and O–H groups in total. The normalized spacial score (nSPS) is 12.2. The van der Waals surface area contributed by atoms with Gasteiger partial charge in [-0.25, -0.2) is 0 Å². The highest BCUT2D eigenvalue weighted by Gasteiger charge is 2.09. The Kier molecular flexibility index (Phi) is 5.07. The molecule has 0 spiro atoms. The van der Waals surface area contributed by atoms with E-state index in [0.29, 0.717) is 6.42 Å². The average Bonchev–Trinajstić information content (AvgIpc) is 2.53. The molecule has 0 aromatic carbocycles. The number of aliphatic hydroxyl groups excluding tert-OH is 1. The van der Waals surface area contributed by atoms with Crippen LogP contribution in [0.5, 0.6) is 0 Å². The minimum Gasteiger partial charge on any atom is -0.387 e. The largest absolute Gasteiger partial charge is 0.387 e. The summed E-state index contributed by atoms with van der Waals surface area (Å²) in [5.41, 5.74) is 3.02. The molecule has 0 saturated heterocycles. The van der Waals surface area contributed by atoms with E-state index in [4.69, 9.17) is 0 Å². The standard InChI is InChI=1S/C16H21N3O/c1-3-16(20)15-6-5-14(11-18-15)19(4-2)12-13-7-9-17-10-8-13/h5-11,16,20H,3-4,12H2,1-2H3/t16-/m0/s1. The van der Waals surface area contributed by atoms with Crippen LogP contribution in [-0.2, 0) is 6.54 Å². The number of rotatable bonds is 6. The van der Waals surface area contributed by atoms with Gasteiger partial charge in [-0.2, -0.15) is 0 Å². The van der Waals surface area contributed by atoms with Crippen LogP contribution < -0.4 is 4.90 Å². The Morgan fingerprint density at radius 3 is 2.45 bits per heavy atom. The van der Waals surface area contributed by atoms with Crippen LogP contribution in [0.2, 0.25) is 0 Å². The van der Waals surface area contributed by atoms with Crippen molar-refractivity contribution in [3.63, 3.8) is 0 Å². The molecule has 0 aliphatic rings. The molecule has 4 nitrogen and oxygen atoms in total. The topological polar surface area (TPSA) is 49.2 Å². The quantitative estimate of drug-likeness (QED) is 0.877. The van der Waals surface area contributed by atoms with Gasteiger partial charge in [-0.3, -0.25) is 9.97 Å². The van der Waals surface area contributed by atoms with Gasteiger partial charge in [0.15, 0.2) is 0 Å². The number of pyridine rings is 2. The summed E-state index contributed by atoms with van der Waals surface area (Å²) in [4.78, 5) is 10.6. The van der Waals surface area contributed by atoms with Crippen molar-refractivity contribution in [2.75, 3.05) is 11.4 Å². The monoisotopic (exact) mass is 271 g/mol. The lowest BCUT2D eigenvalue weighted by atomic mass is 10.1. The van der Waals surface area contributed by atoms with E-state index in [1.54, 1.807) is 0 Å². The third-order valence-corrected chi connectivity index (χ3v) is 3.37. The summed E-state index contributed by atoms with van der Waals surface area (Å²) >= 11 is 0.